The van der Waals surface area contributed by atoms with Crippen LogP contribution in [-0.2, 0) is 11.0 Å². The Labute approximate surface area is 163 Å². The highest BCUT2D eigenvalue weighted by atomic mass is 19.4. The lowest BCUT2D eigenvalue weighted by atomic mass is 10.1. The highest BCUT2D eigenvalue weighted by Gasteiger charge is 2.30. The summed E-state index contributed by atoms with van der Waals surface area (Å²) >= 11 is 0. The summed E-state index contributed by atoms with van der Waals surface area (Å²) in [5.74, 6) is -0.634. The van der Waals surface area contributed by atoms with Crippen LogP contribution in [0.1, 0.15) is 11.3 Å². The maximum atomic E-state index is 12.9. The second-order valence-electron chi connectivity index (χ2n) is 6.09. The van der Waals surface area contributed by atoms with Crippen molar-refractivity contribution in [3.63, 3.8) is 0 Å². The molecule has 3 rings (SSSR count). The van der Waals surface area contributed by atoms with Gasteiger partial charge in [-0.2, -0.15) is 18.2 Å². The molecule has 0 unspecified atom stereocenters. The van der Waals surface area contributed by atoms with Gasteiger partial charge in [0.05, 0.1) is 5.56 Å². The van der Waals surface area contributed by atoms with Gasteiger partial charge in [0.1, 0.15) is 5.82 Å². The van der Waals surface area contributed by atoms with Gasteiger partial charge in [0, 0.05) is 23.0 Å². The summed E-state index contributed by atoms with van der Waals surface area (Å²) in [6.45, 7) is 1.31. The quantitative estimate of drug-likeness (QED) is 0.629. The van der Waals surface area contributed by atoms with Gasteiger partial charge in [-0.15, -0.1) is 0 Å². The molecular formula is C20H15F4N3O2. The molecule has 29 heavy (non-hydrogen) atoms. The van der Waals surface area contributed by atoms with Crippen molar-refractivity contribution >= 4 is 11.6 Å². The molecule has 0 aliphatic carbocycles. The summed E-state index contributed by atoms with van der Waals surface area (Å²) in [4.78, 5) is 20.3. The average Bonchev–Trinajstić information content (AvgIpc) is 2.67. The molecular weight excluding hydrogens is 390 g/mol. The zero-order valence-corrected chi connectivity index (χ0v) is 15.1. The van der Waals surface area contributed by atoms with E-state index in [1.165, 1.54) is 42.5 Å². The van der Waals surface area contributed by atoms with Crippen LogP contribution in [0.25, 0.3) is 11.4 Å². The molecule has 1 aromatic heterocycles. The number of halogens is 4. The van der Waals surface area contributed by atoms with Crippen molar-refractivity contribution in [1.29, 1.82) is 0 Å². The lowest BCUT2D eigenvalue weighted by molar-refractivity contribution is -0.137. The Morgan fingerprint density at radius 3 is 2.31 bits per heavy atom. The molecule has 0 saturated carbocycles. The smallest absolute Gasteiger partial charge is 0.416 e. The number of aromatic nitrogens is 2. The van der Waals surface area contributed by atoms with Crippen LogP contribution >= 0.6 is 0 Å². The van der Waals surface area contributed by atoms with Crippen LogP contribution in [0.4, 0.5) is 23.2 Å². The molecule has 0 fully saturated rings. The lowest BCUT2D eigenvalue weighted by Gasteiger charge is -2.10. The SMILES string of the molecule is Cc1cc(OCC(=O)Nc2ccc(F)cc2)nc(-c2ccc(C(F)(F)F)cc2)n1. The number of hydrogen-bond acceptors (Lipinski definition) is 4. The fraction of sp³-hybridized carbons (Fsp3) is 0.150. The lowest BCUT2D eigenvalue weighted by Crippen LogP contribution is -2.20. The van der Waals surface area contributed by atoms with E-state index in [1.807, 2.05) is 0 Å². The van der Waals surface area contributed by atoms with E-state index in [0.717, 1.165) is 12.1 Å². The molecule has 0 aliphatic rings. The third-order valence-electron chi connectivity index (χ3n) is 3.78. The highest BCUT2D eigenvalue weighted by Crippen LogP contribution is 2.30. The van der Waals surface area contributed by atoms with Crippen LogP contribution in [0.2, 0.25) is 0 Å². The average molecular weight is 405 g/mol. The van der Waals surface area contributed by atoms with Gasteiger partial charge in [0.2, 0.25) is 5.88 Å². The second kappa shape index (κ2) is 8.26. The van der Waals surface area contributed by atoms with E-state index in [2.05, 4.69) is 15.3 Å². The van der Waals surface area contributed by atoms with Gasteiger partial charge >= 0.3 is 6.18 Å². The number of benzene rings is 2. The van der Waals surface area contributed by atoms with E-state index < -0.39 is 23.5 Å². The van der Waals surface area contributed by atoms with Crippen LogP contribution in [0.15, 0.2) is 54.6 Å². The first-order valence-corrected chi connectivity index (χ1v) is 8.42. The van der Waals surface area contributed by atoms with E-state index >= 15 is 0 Å². The summed E-state index contributed by atoms with van der Waals surface area (Å²) in [5, 5.41) is 2.54. The number of aryl methyl sites for hydroxylation is 1. The Kier molecular flexibility index (Phi) is 5.76. The number of anilines is 1. The maximum absolute atomic E-state index is 12.9. The van der Waals surface area contributed by atoms with E-state index in [9.17, 15) is 22.4 Å². The van der Waals surface area contributed by atoms with Crippen molar-refractivity contribution in [2.24, 2.45) is 0 Å². The van der Waals surface area contributed by atoms with Gasteiger partial charge in [-0.1, -0.05) is 12.1 Å². The van der Waals surface area contributed by atoms with Crippen molar-refractivity contribution in [1.82, 2.24) is 9.97 Å². The van der Waals surface area contributed by atoms with E-state index in [1.54, 1.807) is 6.92 Å². The summed E-state index contributed by atoms with van der Waals surface area (Å²) in [6, 6.07) is 11.1. The molecule has 3 aromatic rings. The molecule has 9 heteroatoms. The number of ether oxygens (including phenoxy) is 1. The first kappa shape index (κ1) is 20.2. The standard InChI is InChI=1S/C20H15F4N3O2/c1-12-10-18(29-11-17(28)26-16-8-6-15(21)7-9-16)27-19(25-12)13-2-4-14(5-3-13)20(22,23)24/h2-10H,11H2,1H3,(H,26,28). The van der Waals surface area contributed by atoms with E-state index in [-0.39, 0.29) is 18.3 Å². The van der Waals surface area contributed by atoms with Crippen molar-refractivity contribution < 1.29 is 27.1 Å². The summed E-state index contributed by atoms with van der Waals surface area (Å²) in [6.07, 6.45) is -4.43. The Bertz CT molecular complexity index is 1000. The first-order valence-electron chi connectivity index (χ1n) is 8.42. The maximum Gasteiger partial charge on any atom is 0.416 e. The number of carbonyl (C=O) groups excluding carboxylic acids is 1. The van der Waals surface area contributed by atoms with Gasteiger partial charge in [-0.3, -0.25) is 4.79 Å². The molecule has 0 aliphatic heterocycles. The fourth-order valence-corrected chi connectivity index (χ4v) is 2.42. The molecule has 0 bridgehead atoms. The Balaban J connectivity index is 1.68. The van der Waals surface area contributed by atoms with Crippen LogP contribution in [0.5, 0.6) is 5.88 Å². The second-order valence-corrected chi connectivity index (χ2v) is 6.09. The van der Waals surface area contributed by atoms with Crippen LogP contribution < -0.4 is 10.1 Å². The Hall–Kier alpha value is -3.49. The zero-order valence-electron chi connectivity index (χ0n) is 15.1. The predicted molar refractivity (Wildman–Crippen MR) is 97.7 cm³/mol. The van der Waals surface area contributed by atoms with Crippen LogP contribution in [0, 0.1) is 12.7 Å². The van der Waals surface area contributed by atoms with Crippen molar-refractivity contribution in [3.05, 3.63) is 71.7 Å². The topological polar surface area (TPSA) is 64.1 Å². The summed E-state index contributed by atoms with van der Waals surface area (Å²) in [7, 11) is 0. The number of rotatable bonds is 5. The number of carbonyl (C=O) groups is 1. The minimum atomic E-state index is -4.43. The minimum Gasteiger partial charge on any atom is -0.467 e. The fourth-order valence-electron chi connectivity index (χ4n) is 2.42. The van der Waals surface area contributed by atoms with Crippen molar-refractivity contribution in [3.8, 4) is 17.3 Å². The van der Waals surface area contributed by atoms with Crippen LogP contribution in [0.3, 0.4) is 0 Å². The van der Waals surface area contributed by atoms with Gasteiger partial charge in [0.25, 0.3) is 5.91 Å². The third kappa shape index (κ3) is 5.50. The number of nitrogens with zero attached hydrogens (tertiary/aromatic N) is 2. The monoisotopic (exact) mass is 405 g/mol. The molecule has 0 spiro atoms. The number of nitrogens with one attached hydrogen (secondary N) is 1. The van der Waals surface area contributed by atoms with Gasteiger partial charge in [-0.25, -0.2) is 9.37 Å². The van der Waals surface area contributed by atoms with Crippen molar-refractivity contribution in [2.75, 3.05) is 11.9 Å². The van der Waals surface area contributed by atoms with Crippen LogP contribution in [-0.4, -0.2) is 22.5 Å². The molecule has 1 amide bonds. The molecule has 1 N–H and O–H groups in total. The summed E-state index contributed by atoms with van der Waals surface area (Å²) in [5.41, 5.74) is 0.526. The molecule has 150 valence electrons. The number of hydrogen-bond donors (Lipinski definition) is 1. The Morgan fingerprint density at radius 2 is 1.69 bits per heavy atom. The summed E-state index contributed by atoms with van der Waals surface area (Å²) < 4.78 is 56.3. The molecule has 2 aromatic carbocycles. The third-order valence-corrected chi connectivity index (χ3v) is 3.78. The zero-order chi connectivity index (χ0) is 21.0. The molecule has 0 radical (unpaired) electrons. The number of alkyl halides is 3. The van der Waals surface area contributed by atoms with Gasteiger partial charge in [-0.05, 0) is 43.3 Å². The highest BCUT2D eigenvalue weighted by molar-refractivity contribution is 5.91. The normalized spacial score (nSPS) is 11.2. The minimum absolute atomic E-state index is 0.0988. The molecule has 5 nitrogen and oxygen atoms in total. The predicted octanol–water partition coefficient (Wildman–Crippen LogP) is 4.63. The first-order chi connectivity index (χ1) is 13.7. The largest absolute Gasteiger partial charge is 0.467 e. The number of amides is 1. The van der Waals surface area contributed by atoms with E-state index in [0.29, 0.717) is 16.9 Å². The molecule has 0 atom stereocenters. The molecule has 1 heterocycles. The Morgan fingerprint density at radius 1 is 1.03 bits per heavy atom. The van der Waals surface area contributed by atoms with Gasteiger partial charge < -0.3 is 10.1 Å². The van der Waals surface area contributed by atoms with E-state index in [4.69, 9.17) is 4.74 Å². The van der Waals surface area contributed by atoms with Crippen molar-refractivity contribution in [2.45, 2.75) is 13.1 Å². The van der Waals surface area contributed by atoms with Gasteiger partial charge in [0.15, 0.2) is 12.4 Å². The molecule has 0 saturated heterocycles.